The summed E-state index contributed by atoms with van der Waals surface area (Å²) >= 11 is 0. The molecule has 0 unspecified atom stereocenters. The molecule has 0 amide bonds. The molecule has 0 saturated heterocycles. The molecular weight excluding hydrogens is 409 g/mol. The van der Waals surface area contributed by atoms with E-state index >= 15 is 0 Å². The summed E-state index contributed by atoms with van der Waals surface area (Å²) in [5, 5.41) is 8.14. The molecule has 0 bridgehead atoms. The van der Waals surface area contributed by atoms with Crippen molar-refractivity contribution in [3.05, 3.63) is 0 Å². The monoisotopic (exact) mass is 426 g/mol. The van der Waals surface area contributed by atoms with Crippen molar-refractivity contribution >= 4 is 32.2 Å². The van der Waals surface area contributed by atoms with Crippen LogP contribution in [0.2, 0.25) is 0 Å². The smallest absolute Gasteiger partial charge is 0 e. The maximum absolute atomic E-state index is 9.87. The van der Waals surface area contributed by atoms with Crippen LogP contribution >= 0.6 is 0 Å². The topological polar surface area (TPSA) is 37.3 Å². The average Bonchev–Trinajstić information content (AvgIpc) is 1.66. The average molecular weight is 424 g/mol. The van der Waals surface area contributed by atoms with Gasteiger partial charge in [-0.05, 0) is 6.42 Å². The summed E-state index contributed by atoms with van der Waals surface area (Å²) in [6.45, 7) is 2.06. The second-order valence-corrected chi connectivity index (χ2v) is 1.85. The zero-order chi connectivity index (χ0) is 6.41. The molecule has 0 aliphatic carbocycles. The summed E-state index contributed by atoms with van der Waals surface area (Å²) in [5.74, 6) is -0.682. The summed E-state index contributed by atoms with van der Waals surface area (Å²) in [4.78, 5) is 9.87. The minimum absolute atomic E-state index is 0. The molecule has 0 spiro atoms. The van der Waals surface area contributed by atoms with Crippen molar-refractivity contribution in [2.45, 2.75) is 32.6 Å². The molecule has 10 heavy (non-hydrogen) atoms. The minimum atomic E-state index is -0.682. The van der Waals surface area contributed by atoms with Crippen LogP contribution in [0, 0.1) is 0 Å². The van der Waals surface area contributed by atoms with Gasteiger partial charge in [-0.25, -0.2) is 0 Å². The summed E-state index contributed by atoms with van der Waals surface area (Å²) in [6.07, 6.45) is 3.28. The Morgan fingerprint density at radius 1 is 1.40 bits per heavy atom. The Morgan fingerprint density at radius 3 is 2.20 bits per heavy atom. The quantitative estimate of drug-likeness (QED) is 0.527. The Labute approximate surface area is 95.2 Å². The number of carbonyl (C=O) groups is 1. The molecule has 0 aromatic carbocycles. The fourth-order valence-corrected chi connectivity index (χ4v) is 0.526. The van der Waals surface area contributed by atoms with E-state index in [1.54, 1.807) is 0 Å². The van der Waals surface area contributed by atoms with E-state index in [0.717, 1.165) is 19.3 Å². The van der Waals surface area contributed by atoms with E-state index in [4.69, 9.17) is 5.11 Å². The molecule has 0 aromatic heterocycles. The molecule has 0 fully saturated rings. The van der Waals surface area contributed by atoms with Gasteiger partial charge in [-0.3, -0.25) is 4.79 Å². The Bertz CT molecular complexity index is 78.1. The van der Waals surface area contributed by atoms with Crippen LogP contribution in [-0.2, 0) is 25.9 Å². The molecule has 0 aliphatic rings. The molecule has 1 N–H and O–H groups in total. The zero-order valence-electron chi connectivity index (χ0n) is 6.30. The maximum atomic E-state index is 9.87. The number of unbranched alkanes of at least 4 members (excludes halogenated alkanes) is 2. The van der Waals surface area contributed by atoms with Crippen molar-refractivity contribution in [1.29, 1.82) is 0 Å². The zero-order valence-corrected chi connectivity index (χ0v) is 13.8. The molecule has 4 heteroatoms. The predicted octanol–water partition coefficient (Wildman–Crippen LogP) is 0.465. The second-order valence-electron chi connectivity index (χ2n) is 1.85. The van der Waals surface area contributed by atoms with Crippen LogP contribution in [0.5, 0.6) is 0 Å². The molecule has 62 valence electrons. The fourth-order valence-electron chi connectivity index (χ4n) is 0.526. The summed E-state index contributed by atoms with van der Waals surface area (Å²) < 4.78 is 0. The third-order valence-electron chi connectivity index (χ3n) is 0.994. The van der Waals surface area contributed by atoms with Gasteiger partial charge in [0.25, 0.3) is 0 Å². The van der Waals surface area contributed by atoms with Gasteiger partial charge in [0.2, 0.25) is 0 Å². The molecule has 0 rings (SSSR count). The van der Waals surface area contributed by atoms with Gasteiger partial charge in [0.15, 0.2) is 0 Å². The maximum Gasteiger partial charge on any atom is 0 e. The first-order valence-corrected chi connectivity index (χ1v) is 2.99. The van der Waals surface area contributed by atoms with E-state index in [1.807, 2.05) is 0 Å². The van der Waals surface area contributed by atoms with Crippen LogP contribution in [0.4, 0.5) is 0 Å². The third kappa shape index (κ3) is 16.0. The van der Waals surface area contributed by atoms with Gasteiger partial charge in [0.05, 0.1) is 0 Å². The van der Waals surface area contributed by atoms with Gasteiger partial charge < -0.3 is 5.11 Å². The first kappa shape index (κ1) is 17.2. The molecule has 0 radical (unpaired) electrons. The number of hydrogen-bond acceptors (Lipinski definition) is 1. The van der Waals surface area contributed by atoms with Crippen LogP contribution < -0.4 is 0 Å². The summed E-state index contributed by atoms with van der Waals surface area (Å²) in [7, 11) is 0. The third-order valence-corrected chi connectivity index (χ3v) is 0.994. The normalized spacial score (nSPS) is 7.30. The Kier molecular flexibility index (Phi) is 21.9. The van der Waals surface area contributed by atoms with Gasteiger partial charge >= 0.3 is 32.2 Å². The Morgan fingerprint density at radius 2 is 1.90 bits per heavy atom. The van der Waals surface area contributed by atoms with Crippen molar-refractivity contribution < 1.29 is 31.0 Å². The number of rotatable bonds is 4. The molecule has 0 heterocycles. The molecule has 0 aliphatic heterocycles. The number of aliphatic carboxylic acids is 1. The Hall–Kier alpha value is 1.04. The standard InChI is InChI=1S/C6H12O2.Bi.Mo.3H/c1-2-3-4-5-6(7)8;;;;;/h2-5H2,1H3,(H,7,8);;;;;. The van der Waals surface area contributed by atoms with Gasteiger partial charge in [-0.15, -0.1) is 0 Å². The van der Waals surface area contributed by atoms with E-state index in [-0.39, 0.29) is 47.3 Å². The van der Waals surface area contributed by atoms with Crippen molar-refractivity contribution in [2.24, 2.45) is 0 Å². The van der Waals surface area contributed by atoms with Crippen molar-refractivity contribution in [2.75, 3.05) is 0 Å². The largest absolute Gasteiger partial charge is 0 e. The van der Waals surface area contributed by atoms with E-state index in [0.29, 0.717) is 6.42 Å². The second kappa shape index (κ2) is 12.7. The predicted molar refractivity (Wildman–Crippen MR) is 41.7 cm³/mol. The minimum Gasteiger partial charge on any atom is 0 e. The fraction of sp³-hybridized carbons (Fsp3) is 0.833. The first-order chi connectivity index (χ1) is 3.77. The van der Waals surface area contributed by atoms with E-state index in [1.165, 1.54) is 0 Å². The van der Waals surface area contributed by atoms with Crippen LogP contribution in [0.25, 0.3) is 0 Å². The Balaban J connectivity index is -0.000000245. The van der Waals surface area contributed by atoms with Crippen LogP contribution in [0.15, 0.2) is 0 Å². The SMILES string of the molecule is CCCCCC(=O)O.[BiH3].[Mo]. The van der Waals surface area contributed by atoms with E-state index < -0.39 is 5.97 Å². The molecular formula is C6H15BiMoO2. The summed E-state index contributed by atoms with van der Waals surface area (Å²) in [6, 6.07) is 0. The van der Waals surface area contributed by atoms with Gasteiger partial charge in [0, 0.05) is 27.5 Å². The number of hydrogen-bond donors (Lipinski definition) is 1. The molecule has 2 nitrogen and oxygen atoms in total. The van der Waals surface area contributed by atoms with E-state index in [2.05, 4.69) is 6.92 Å². The first-order valence-electron chi connectivity index (χ1n) is 2.99. The van der Waals surface area contributed by atoms with Gasteiger partial charge in [0.1, 0.15) is 0 Å². The summed E-state index contributed by atoms with van der Waals surface area (Å²) in [5.41, 5.74) is 0. The molecule has 0 atom stereocenters. The van der Waals surface area contributed by atoms with Crippen molar-refractivity contribution in [3.8, 4) is 0 Å². The van der Waals surface area contributed by atoms with Crippen LogP contribution in [0.3, 0.4) is 0 Å². The van der Waals surface area contributed by atoms with Gasteiger partial charge in [-0.1, -0.05) is 19.8 Å². The van der Waals surface area contributed by atoms with Crippen LogP contribution in [0.1, 0.15) is 32.6 Å². The number of carboxylic acids is 1. The van der Waals surface area contributed by atoms with Crippen molar-refractivity contribution in [3.63, 3.8) is 0 Å². The molecule has 0 saturated carbocycles. The van der Waals surface area contributed by atoms with Gasteiger partial charge in [-0.2, -0.15) is 0 Å². The number of carboxylic acid groups (broad SMARTS) is 1. The molecule has 0 aromatic rings. The van der Waals surface area contributed by atoms with E-state index in [9.17, 15) is 4.79 Å². The van der Waals surface area contributed by atoms with Crippen LogP contribution in [-0.4, -0.2) is 37.3 Å². The van der Waals surface area contributed by atoms with Crippen molar-refractivity contribution in [1.82, 2.24) is 0 Å².